The summed E-state index contributed by atoms with van der Waals surface area (Å²) in [4.78, 5) is 7.75. The fourth-order valence-corrected chi connectivity index (χ4v) is 3.04. The van der Waals surface area contributed by atoms with Crippen molar-refractivity contribution in [1.82, 2.24) is 14.5 Å². The summed E-state index contributed by atoms with van der Waals surface area (Å²) in [6, 6.07) is 4.22. The smallest absolute Gasteiger partial charge is 0.179 e. The zero-order valence-electron chi connectivity index (χ0n) is 12.0. The van der Waals surface area contributed by atoms with E-state index >= 15 is 0 Å². The molecular weight excluding hydrogens is 270 g/mol. The second-order valence-electron chi connectivity index (χ2n) is 5.23. The summed E-state index contributed by atoms with van der Waals surface area (Å²) in [7, 11) is 0. The van der Waals surface area contributed by atoms with E-state index in [2.05, 4.69) is 29.0 Å². The maximum Gasteiger partial charge on any atom is 0.179 e. The number of nitrogens with zero attached hydrogens (tertiary/aromatic N) is 2. The van der Waals surface area contributed by atoms with Crippen LogP contribution in [0.1, 0.15) is 35.6 Å². The highest BCUT2D eigenvalue weighted by molar-refractivity contribution is 7.71. The first kappa shape index (κ1) is 13.1. The lowest BCUT2D eigenvalue weighted by Gasteiger charge is -2.13. The number of aromatic amines is 1. The van der Waals surface area contributed by atoms with Gasteiger partial charge in [-0.25, -0.2) is 4.98 Å². The van der Waals surface area contributed by atoms with Crippen LogP contribution in [0.15, 0.2) is 22.7 Å². The van der Waals surface area contributed by atoms with Crippen molar-refractivity contribution in [3.8, 4) is 0 Å². The van der Waals surface area contributed by atoms with Crippen molar-refractivity contribution in [3.05, 3.63) is 45.7 Å². The Kier molecular flexibility index (Phi) is 3.01. The predicted molar refractivity (Wildman–Crippen MR) is 81.6 cm³/mol. The van der Waals surface area contributed by atoms with Gasteiger partial charge in [-0.15, -0.1) is 0 Å². The van der Waals surface area contributed by atoms with Crippen LogP contribution in [0.5, 0.6) is 0 Å². The Labute approximate surface area is 122 Å². The number of H-pyrrole nitrogens is 1. The normalized spacial score (nSPS) is 13.0. The highest BCUT2D eigenvalue weighted by Gasteiger charge is 2.18. The largest absolute Gasteiger partial charge is 0.466 e. The third-order valence-electron chi connectivity index (χ3n) is 3.61. The molecule has 3 rings (SSSR count). The van der Waals surface area contributed by atoms with Gasteiger partial charge in [0.25, 0.3) is 0 Å². The molecule has 0 aliphatic rings. The lowest BCUT2D eigenvalue weighted by atomic mass is 10.1. The molecule has 0 aliphatic heterocycles. The summed E-state index contributed by atoms with van der Waals surface area (Å²) in [6.45, 7) is 8.07. The number of fused-ring (bicyclic) bond motifs is 1. The second kappa shape index (κ2) is 4.59. The topological polar surface area (TPSA) is 46.8 Å². The predicted octanol–water partition coefficient (Wildman–Crippen LogP) is 4.22. The Morgan fingerprint density at radius 2 is 2.05 bits per heavy atom. The molecule has 1 N–H and O–H groups in total. The number of nitrogens with one attached hydrogen (secondary N) is 1. The molecule has 1 atom stereocenters. The van der Waals surface area contributed by atoms with Gasteiger partial charge < -0.3 is 9.40 Å². The van der Waals surface area contributed by atoms with Crippen molar-refractivity contribution in [3.63, 3.8) is 0 Å². The van der Waals surface area contributed by atoms with E-state index in [1.807, 2.05) is 31.5 Å². The van der Waals surface area contributed by atoms with Gasteiger partial charge in [-0.1, -0.05) is 0 Å². The molecule has 0 bridgehead atoms. The monoisotopic (exact) mass is 287 g/mol. The molecule has 0 amide bonds. The standard InChI is InChI=1S/C15H17N3OS/c1-8-5-13-14(16-7-8)18(15(20)17-13)10(3)12-6-9(2)19-11(12)4/h5-7,10H,1-4H3,(H,17,20). The number of hydrogen-bond acceptors (Lipinski definition) is 3. The SMILES string of the molecule is Cc1cnc2c(c1)[nH]c(=S)n2C(C)c1cc(C)oc1C. The third kappa shape index (κ3) is 1.98. The second-order valence-corrected chi connectivity index (χ2v) is 5.62. The van der Waals surface area contributed by atoms with Crippen LogP contribution in [0.25, 0.3) is 11.2 Å². The Morgan fingerprint density at radius 3 is 2.70 bits per heavy atom. The van der Waals surface area contributed by atoms with E-state index in [0.29, 0.717) is 4.77 Å². The van der Waals surface area contributed by atoms with Crippen molar-refractivity contribution in [2.24, 2.45) is 0 Å². The van der Waals surface area contributed by atoms with E-state index in [0.717, 1.165) is 33.8 Å². The van der Waals surface area contributed by atoms with Crippen LogP contribution < -0.4 is 0 Å². The number of imidazole rings is 1. The van der Waals surface area contributed by atoms with Crippen LogP contribution in [0.4, 0.5) is 0 Å². The maximum atomic E-state index is 5.63. The van der Waals surface area contributed by atoms with Crippen molar-refractivity contribution >= 4 is 23.4 Å². The zero-order valence-corrected chi connectivity index (χ0v) is 12.8. The molecule has 0 spiro atoms. The number of pyridine rings is 1. The van der Waals surface area contributed by atoms with Crippen molar-refractivity contribution < 1.29 is 4.42 Å². The van der Waals surface area contributed by atoms with Gasteiger partial charge in [0.2, 0.25) is 0 Å². The van der Waals surface area contributed by atoms with Crippen molar-refractivity contribution in [2.45, 2.75) is 33.7 Å². The van der Waals surface area contributed by atoms with Crippen molar-refractivity contribution in [1.29, 1.82) is 0 Å². The van der Waals surface area contributed by atoms with Gasteiger partial charge in [0.15, 0.2) is 10.4 Å². The average molecular weight is 287 g/mol. The van der Waals surface area contributed by atoms with Gasteiger partial charge in [0, 0.05) is 11.8 Å². The van der Waals surface area contributed by atoms with Crippen LogP contribution in [0.3, 0.4) is 0 Å². The minimum atomic E-state index is 0.0870. The van der Waals surface area contributed by atoms with Gasteiger partial charge >= 0.3 is 0 Å². The van der Waals surface area contributed by atoms with E-state index in [9.17, 15) is 0 Å². The number of furan rings is 1. The number of hydrogen-bond donors (Lipinski definition) is 1. The minimum absolute atomic E-state index is 0.0870. The molecule has 4 nitrogen and oxygen atoms in total. The molecule has 0 saturated heterocycles. The molecule has 3 aromatic rings. The van der Waals surface area contributed by atoms with Gasteiger partial charge in [0.05, 0.1) is 11.6 Å². The first-order chi connectivity index (χ1) is 9.47. The van der Waals surface area contributed by atoms with Gasteiger partial charge in [0.1, 0.15) is 11.5 Å². The van der Waals surface area contributed by atoms with E-state index < -0.39 is 0 Å². The summed E-state index contributed by atoms with van der Waals surface area (Å²) in [5.74, 6) is 1.85. The quantitative estimate of drug-likeness (QED) is 0.718. The zero-order chi connectivity index (χ0) is 14.4. The van der Waals surface area contributed by atoms with E-state index in [1.54, 1.807) is 0 Å². The Morgan fingerprint density at radius 1 is 1.30 bits per heavy atom. The molecule has 0 saturated carbocycles. The summed E-state index contributed by atoms with van der Waals surface area (Å²) < 4.78 is 8.35. The van der Waals surface area contributed by atoms with Crippen LogP contribution in [0, 0.1) is 25.5 Å². The average Bonchev–Trinajstić information content (AvgIpc) is 2.87. The van der Waals surface area contributed by atoms with Crippen LogP contribution >= 0.6 is 12.2 Å². The molecule has 0 fully saturated rings. The number of aryl methyl sites for hydroxylation is 3. The molecule has 5 heteroatoms. The van der Waals surface area contributed by atoms with Gasteiger partial charge in [-0.2, -0.15) is 0 Å². The lowest BCUT2D eigenvalue weighted by molar-refractivity contribution is 0.494. The molecule has 3 aromatic heterocycles. The molecule has 20 heavy (non-hydrogen) atoms. The molecule has 0 radical (unpaired) electrons. The molecule has 3 heterocycles. The third-order valence-corrected chi connectivity index (χ3v) is 3.91. The summed E-state index contributed by atoms with van der Waals surface area (Å²) in [6.07, 6.45) is 1.86. The number of rotatable bonds is 2. The van der Waals surface area contributed by atoms with Crippen LogP contribution in [-0.4, -0.2) is 14.5 Å². The van der Waals surface area contributed by atoms with E-state index in [-0.39, 0.29) is 6.04 Å². The van der Waals surface area contributed by atoms with Crippen molar-refractivity contribution in [2.75, 3.05) is 0 Å². The molecule has 104 valence electrons. The minimum Gasteiger partial charge on any atom is -0.466 e. The fourth-order valence-electron chi connectivity index (χ4n) is 2.68. The van der Waals surface area contributed by atoms with Gasteiger partial charge in [-0.3, -0.25) is 4.57 Å². The number of aromatic nitrogens is 3. The van der Waals surface area contributed by atoms with Crippen LogP contribution in [0.2, 0.25) is 0 Å². The highest BCUT2D eigenvalue weighted by Crippen LogP contribution is 2.27. The summed E-state index contributed by atoms with van der Waals surface area (Å²) in [5, 5.41) is 0. The van der Waals surface area contributed by atoms with E-state index in [4.69, 9.17) is 16.6 Å². The van der Waals surface area contributed by atoms with Crippen LogP contribution in [-0.2, 0) is 0 Å². The summed E-state index contributed by atoms with van der Waals surface area (Å²) in [5.41, 5.74) is 4.11. The highest BCUT2D eigenvalue weighted by atomic mass is 32.1. The Balaban J connectivity index is 2.21. The van der Waals surface area contributed by atoms with E-state index in [1.165, 1.54) is 0 Å². The fraction of sp³-hybridized carbons (Fsp3) is 0.333. The first-order valence-electron chi connectivity index (χ1n) is 6.61. The Hall–Kier alpha value is -1.88. The summed E-state index contributed by atoms with van der Waals surface area (Å²) >= 11 is 5.46. The molecule has 0 aromatic carbocycles. The van der Waals surface area contributed by atoms with Gasteiger partial charge in [-0.05, 0) is 57.6 Å². The molecule has 1 unspecified atom stereocenters. The lowest BCUT2D eigenvalue weighted by Crippen LogP contribution is -2.07. The maximum absolute atomic E-state index is 5.63. The molecular formula is C15H17N3OS. The first-order valence-corrected chi connectivity index (χ1v) is 7.02. The Bertz CT molecular complexity index is 841. The molecule has 0 aliphatic carbocycles.